The number of carbonyl (C=O) groups excluding carboxylic acids is 3. The van der Waals surface area contributed by atoms with Crippen LogP contribution in [0.3, 0.4) is 0 Å². The minimum atomic E-state index is -3.96. The molecular formula is C31H34BrN3O5S. The van der Waals surface area contributed by atoms with Crippen molar-refractivity contribution >= 4 is 43.7 Å². The van der Waals surface area contributed by atoms with E-state index >= 15 is 0 Å². The Kier molecular flexibility index (Phi) is 10.3. The second kappa shape index (κ2) is 13.9. The van der Waals surface area contributed by atoms with Crippen LogP contribution in [-0.4, -0.2) is 54.5 Å². The van der Waals surface area contributed by atoms with E-state index in [1.165, 1.54) is 12.1 Å². The quantitative estimate of drug-likeness (QED) is 0.267. The molecule has 3 aromatic rings. The zero-order valence-electron chi connectivity index (χ0n) is 23.0. The maximum atomic E-state index is 13.8. The van der Waals surface area contributed by atoms with E-state index in [2.05, 4.69) is 21.2 Å². The Hall–Kier alpha value is -3.50. The first-order chi connectivity index (χ1) is 19.7. The van der Waals surface area contributed by atoms with Gasteiger partial charge in [0.1, 0.15) is 10.9 Å². The summed E-state index contributed by atoms with van der Waals surface area (Å²) in [5.74, 6) is -1.11. The molecule has 0 saturated heterocycles. The topological polar surface area (TPSA) is 104 Å². The largest absolute Gasteiger partial charge is 0.354 e. The van der Waals surface area contributed by atoms with Crippen molar-refractivity contribution in [2.24, 2.45) is 0 Å². The van der Waals surface area contributed by atoms with Crippen molar-refractivity contribution in [2.45, 2.75) is 56.5 Å². The summed E-state index contributed by atoms with van der Waals surface area (Å²) in [6.07, 6.45) is 2.18. The van der Waals surface area contributed by atoms with Gasteiger partial charge in [0.2, 0.25) is 11.8 Å². The molecule has 0 aliphatic carbocycles. The number of rotatable bonds is 13. The summed E-state index contributed by atoms with van der Waals surface area (Å²) >= 11 is 3.44. The third kappa shape index (κ3) is 7.42. The van der Waals surface area contributed by atoms with Crippen LogP contribution in [0.1, 0.15) is 54.1 Å². The van der Waals surface area contributed by atoms with E-state index in [1.807, 2.05) is 61.5 Å². The third-order valence-electron chi connectivity index (χ3n) is 7.03. The fourth-order valence-electron chi connectivity index (χ4n) is 4.82. The summed E-state index contributed by atoms with van der Waals surface area (Å²) in [5, 5.41) is 2.99. The van der Waals surface area contributed by atoms with Crippen LogP contribution in [0.25, 0.3) is 0 Å². The molecule has 0 spiro atoms. The molecule has 41 heavy (non-hydrogen) atoms. The number of nitrogens with one attached hydrogen (secondary N) is 1. The summed E-state index contributed by atoms with van der Waals surface area (Å²) in [6, 6.07) is 22.4. The molecule has 0 radical (unpaired) electrons. The molecule has 216 valence electrons. The molecule has 10 heteroatoms. The molecule has 0 fully saturated rings. The predicted octanol–water partition coefficient (Wildman–Crippen LogP) is 4.93. The Labute approximate surface area is 249 Å². The number of hydrogen-bond acceptors (Lipinski definition) is 5. The molecule has 1 aliphatic heterocycles. The lowest BCUT2D eigenvalue weighted by molar-refractivity contribution is -0.141. The van der Waals surface area contributed by atoms with Gasteiger partial charge in [0, 0.05) is 36.9 Å². The number of nitrogens with zero attached hydrogens (tertiary/aromatic N) is 2. The minimum Gasteiger partial charge on any atom is -0.354 e. The molecule has 3 aromatic carbocycles. The molecular weight excluding hydrogens is 606 g/mol. The van der Waals surface area contributed by atoms with Crippen molar-refractivity contribution in [1.82, 2.24) is 14.5 Å². The SMILES string of the molecule is CCCCNC(=O)[C@H](Cc1ccccc1)N(Cc1ccc(Br)cc1)C(=O)CCCN1C(=O)c2ccccc2S1(=O)=O. The van der Waals surface area contributed by atoms with Gasteiger partial charge in [0.15, 0.2) is 0 Å². The number of fused-ring (bicyclic) bond motifs is 1. The molecule has 1 heterocycles. The predicted molar refractivity (Wildman–Crippen MR) is 160 cm³/mol. The van der Waals surface area contributed by atoms with Crippen LogP contribution in [0.15, 0.2) is 88.2 Å². The lowest BCUT2D eigenvalue weighted by atomic mass is 10.0. The minimum absolute atomic E-state index is 0.0140. The summed E-state index contributed by atoms with van der Waals surface area (Å²) < 4.78 is 27.6. The third-order valence-corrected chi connectivity index (χ3v) is 9.40. The van der Waals surface area contributed by atoms with Crippen LogP contribution in [0.2, 0.25) is 0 Å². The Balaban J connectivity index is 1.55. The molecule has 3 amide bonds. The first kappa shape index (κ1) is 30.5. The van der Waals surface area contributed by atoms with E-state index in [-0.39, 0.29) is 48.2 Å². The van der Waals surface area contributed by atoms with Crippen molar-refractivity contribution in [3.63, 3.8) is 0 Å². The number of carbonyl (C=O) groups is 3. The average Bonchev–Trinajstić information content (AvgIpc) is 3.17. The van der Waals surface area contributed by atoms with Gasteiger partial charge in [-0.05, 0) is 48.2 Å². The number of hydrogen-bond donors (Lipinski definition) is 1. The highest BCUT2D eigenvalue weighted by molar-refractivity contribution is 9.10. The fourth-order valence-corrected chi connectivity index (χ4v) is 6.69. The Bertz CT molecular complexity index is 1480. The van der Waals surface area contributed by atoms with Crippen LogP contribution >= 0.6 is 15.9 Å². The molecule has 4 rings (SSSR count). The second-order valence-electron chi connectivity index (χ2n) is 9.98. The fraction of sp³-hybridized carbons (Fsp3) is 0.323. The van der Waals surface area contributed by atoms with Gasteiger partial charge in [-0.3, -0.25) is 14.4 Å². The number of unbranched alkanes of at least 4 members (excludes halogenated alkanes) is 1. The number of amides is 3. The maximum absolute atomic E-state index is 13.8. The van der Waals surface area contributed by atoms with E-state index in [1.54, 1.807) is 17.0 Å². The van der Waals surface area contributed by atoms with E-state index in [9.17, 15) is 22.8 Å². The van der Waals surface area contributed by atoms with Crippen molar-refractivity contribution in [2.75, 3.05) is 13.1 Å². The molecule has 1 N–H and O–H groups in total. The van der Waals surface area contributed by atoms with Gasteiger partial charge in [0.05, 0.1) is 5.56 Å². The first-order valence-electron chi connectivity index (χ1n) is 13.7. The summed E-state index contributed by atoms with van der Waals surface area (Å²) in [7, 11) is -3.96. The molecule has 1 aliphatic rings. The van der Waals surface area contributed by atoms with Gasteiger partial charge in [-0.15, -0.1) is 0 Å². The highest BCUT2D eigenvalue weighted by Gasteiger charge is 2.40. The van der Waals surface area contributed by atoms with Gasteiger partial charge in [-0.25, -0.2) is 12.7 Å². The summed E-state index contributed by atoms with van der Waals surface area (Å²) in [4.78, 5) is 41.7. The number of halogens is 1. The number of benzene rings is 3. The first-order valence-corrected chi connectivity index (χ1v) is 16.0. The molecule has 0 unspecified atom stereocenters. The zero-order chi connectivity index (χ0) is 29.4. The normalized spacial score (nSPS) is 14.4. The van der Waals surface area contributed by atoms with Crippen LogP contribution < -0.4 is 5.32 Å². The van der Waals surface area contributed by atoms with E-state index in [0.717, 1.165) is 32.7 Å². The van der Waals surface area contributed by atoms with Crippen LogP contribution in [0.4, 0.5) is 0 Å². The second-order valence-corrected chi connectivity index (χ2v) is 12.7. The maximum Gasteiger partial charge on any atom is 0.269 e. The lowest BCUT2D eigenvalue weighted by Crippen LogP contribution is -2.50. The van der Waals surface area contributed by atoms with Crippen molar-refractivity contribution in [3.8, 4) is 0 Å². The average molecular weight is 641 g/mol. The van der Waals surface area contributed by atoms with Crippen molar-refractivity contribution in [1.29, 1.82) is 0 Å². The van der Waals surface area contributed by atoms with Gasteiger partial charge >= 0.3 is 0 Å². The molecule has 0 aromatic heterocycles. The monoisotopic (exact) mass is 639 g/mol. The highest BCUT2D eigenvalue weighted by atomic mass is 79.9. The smallest absolute Gasteiger partial charge is 0.269 e. The van der Waals surface area contributed by atoms with E-state index in [0.29, 0.717) is 13.0 Å². The highest BCUT2D eigenvalue weighted by Crippen LogP contribution is 2.30. The standard InChI is InChI=1S/C31H34BrN3O5S/c1-2-3-19-33-30(37)27(21-23-10-5-4-6-11-23)34(22-24-15-17-25(32)18-16-24)29(36)14-9-20-35-31(38)26-12-7-8-13-28(26)41(35,39)40/h4-8,10-13,15-18,27H,2-3,9,14,19-22H2,1H3,(H,33,37)/t27-/m0/s1. The van der Waals surface area contributed by atoms with Crippen LogP contribution in [-0.2, 0) is 32.6 Å². The summed E-state index contributed by atoms with van der Waals surface area (Å²) in [5.41, 5.74) is 1.92. The molecule has 0 saturated carbocycles. The van der Waals surface area contributed by atoms with Gasteiger partial charge in [-0.2, -0.15) is 0 Å². The van der Waals surface area contributed by atoms with Crippen LogP contribution in [0.5, 0.6) is 0 Å². The Morgan fingerprint density at radius 2 is 1.61 bits per heavy atom. The Morgan fingerprint density at radius 3 is 2.29 bits per heavy atom. The van der Waals surface area contributed by atoms with Gasteiger partial charge in [-0.1, -0.05) is 83.9 Å². The Morgan fingerprint density at radius 1 is 0.927 bits per heavy atom. The van der Waals surface area contributed by atoms with Crippen LogP contribution in [0, 0.1) is 0 Å². The molecule has 0 bridgehead atoms. The summed E-state index contributed by atoms with van der Waals surface area (Å²) in [6.45, 7) is 2.63. The zero-order valence-corrected chi connectivity index (χ0v) is 25.4. The lowest BCUT2D eigenvalue weighted by Gasteiger charge is -2.32. The van der Waals surface area contributed by atoms with Crippen molar-refractivity contribution < 1.29 is 22.8 Å². The number of sulfonamides is 1. The van der Waals surface area contributed by atoms with Crippen molar-refractivity contribution in [3.05, 3.63) is 100 Å². The molecule has 8 nitrogen and oxygen atoms in total. The molecule has 1 atom stereocenters. The van der Waals surface area contributed by atoms with E-state index < -0.39 is 22.0 Å². The van der Waals surface area contributed by atoms with Gasteiger partial charge < -0.3 is 10.2 Å². The van der Waals surface area contributed by atoms with E-state index in [4.69, 9.17) is 0 Å². The van der Waals surface area contributed by atoms with Gasteiger partial charge in [0.25, 0.3) is 15.9 Å².